The Morgan fingerprint density at radius 2 is 0.582 bits per heavy atom. The Labute approximate surface area is 414 Å². The molecule has 67 heavy (non-hydrogen) atoms. The van der Waals surface area contributed by atoms with Crippen LogP contribution in [-0.4, -0.2) is 37.2 Å². The Hall–Kier alpha value is -3.15. The first kappa shape index (κ1) is 63.8. The van der Waals surface area contributed by atoms with Crippen LogP contribution < -0.4 is 0 Å². The lowest BCUT2D eigenvalue weighted by Gasteiger charge is -2.18. The summed E-state index contributed by atoms with van der Waals surface area (Å²) in [6.07, 6.45) is 70.5. The number of carbonyl (C=O) groups is 3. The maximum atomic E-state index is 12.8. The molecule has 0 aliphatic rings. The Kier molecular flexibility index (Phi) is 52.8. The van der Waals surface area contributed by atoms with Crippen molar-refractivity contribution < 1.29 is 28.6 Å². The van der Waals surface area contributed by atoms with Gasteiger partial charge in [-0.25, -0.2) is 0 Å². The van der Waals surface area contributed by atoms with Crippen molar-refractivity contribution in [3.8, 4) is 0 Å². The lowest BCUT2D eigenvalue weighted by Crippen LogP contribution is -2.30. The van der Waals surface area contributed by atoms with E-state index < -0.39 is 6.10 Å². The van der Waals surface area contributed by atoms with Crippen LogP contribution in [-0.2, 0) is 28.6 Å². The van der Waals surface area contributed by atoms with Gasteiger partial charge >= 0.3 is 17.9 Å². The van der Waals surface area contributed by atoms with E-state index in [1.54, 1.807) is 0 Å². The van der Waals surface area contributed by atoms with Gasteiger partial charge in [0.2, 0.25) is 0 Å². The van der Waals surface area contributed by atoms with Crippen molar-refractivity contribution >= 4 is 17.9 Å². The Bertz CT molecular complexity index is 1260. The van der Waals surface area contributed by atoms with Gasteiger partial charge in [0.1, 0.15) is 13.2 Å². The zero-order valence-corrected chi connectivity index (χ0v) is 44.2. The lowest BCUT2D eigenvalue weighted by atomic mass is 10.0. The summed E-state index contributed by atoms with van der Waals surface area (Å²) in [5, 5.41) is 0. The molecule has 0 aliphatic carbocycles. The first-order valence-electron chi connectivity index (χ1n) is 28.4. The van der Waals surface area contributed by atoms with Gasteiger partial charge in [-0.05, 0) is 89.9 Å². The maximum absolute atomic E-state index is 12.8. The molecule has 1 atom stereocenters. The molecule has 0 rings (SSSR count). The van der Waals surface area contributed by atoms with Gasteiger partial charge in [-0.1, -0.05) is 241 Å². The second kappa shape index (κ2) is 55.4. The molecule has 0 aromatic carbocycles. The number of hydrogen-bond acceptors (Lipinski definition) is 6. The van der Waals surface area contributed by atoms with Gasteiger partial charge in [0.25, 0.3) is 0 Å². The molecule has 0 spiro atoms. The molecule has 0 fully saturated rings. The number of hydrogen-bond donors (Lipinski definition) is 0. The molecular weight excluding hydrogens is 829 g/mol. The third-order valence-corrected chi connectivity index (χ3v) is 12.2. The predicted octanol–water partition coefficient (Wildman–Crippen LogP) is 19.0. The van der Waals surface area contributed by atoms with E-state index in [0.717, 1.165) is 103 Å². The van der Waals surface area contributed by atoms with Crippen LogP contribution in [0.2, 0.25) is 0 Å². The molecule has 0 aromatic heterocycles. The quantitative estimate of drug-likeness (QED) is 0.0262. The average Bonchev–Trinajstić information content (AvgIpc) is 3.33. The summed E-state index contributed by atoms with van der Waals surface area (Å²) in [4.78, 5) is 37.9. The Balaban J connectivity index is 4.21. The van der Waals surface area contributed by atoms with Gasteiger partial charge in [-0.2, -0.15) is 0 Å². The fraction of sp³-hybridized carbons (Fsp3) is 0.754. The summed E-state index contributed by atoms with van der Waals surface area (Å²) in [6, 6.07) is 0. The second-order valence-electron chi connectivity index (χ2n) is 18.8. The van der Waals surface area contributed by atoms with Crippen LogP contribution in [0.25, 0.3) is 0 Å². The number of ether oxygens (including phenoxy) is 3. The van der Waals surface area contributed by atoms with Crippen molar-refractivity contribution in [3.63, 3.8) is 0 Å². The zero-order valence-electron chi connectivity index (χ0n) is 44.2. The van der Waals surface area contributed by atoms with Crippen LogP contribution in [0.5, 0.6) is 0 Å². The van der Waals surface area contributed by atoms with Crippen molar-refractivity contribution in [2.24, 2.45) is 0 Å². The highest BCUT2D eigenvalue weighted by molar-refractivity contribution is 5.71. The van der Waals surface area contributed by atoms with E-state index >= 15 is 0 Å². The van der Waals surface area contributed by atoms with Crippen LogP contribution in [0, 0.1) is 0 Å². The van der Waals surface area contributed by atoms with Gasteiger partial charge in [0.05, 0.1) is 0 Å². The van der Waals surface area contributed by atoms with Gasteiger partial charge in [-0.3, -0.25) is 14.4 Å². The molecule has 0 aromatic rings. The standard InChI is InChI=1S/C61H106O6/c1-4-7-10-13-16-18-20-22-24-26-28-29-30-31-33-34-36-38-40-42-45-48-51-54-60(63)66-57-58(56-65-59(62)53-50-47-44-15-12-9-6-3)67-61(64)55-52-49-46-43-41-39-37-35-32-27-25-23-21-19-17-14-11-8-5-2/h8,11,17,19-20,22-23,25-26,28,32,35,58H,4-7,9-10,12-16,18,21,24,27,29-31,33-34,36-57H2,1-3H3/b11-8-,19-17-,22-20-,25-23-,28-26-,35-32-. The van der Waals surface area contributed by atoms with E-state index in [9.17, 15) is 14.4 Å². The minimum Gasteiger partial charge on any atom is -0.462 e. The number of rotatable bonds is 51. The second-order valence-corrected chi connectivity index (χ2v) is 18.8. The van der Waals surface area contributed by atoms with E-state index in [2.05, 4.69) is 93.7 Å². The highest BCUT2D eigenvalue weighted by Crippen LogP contribution is 2.15. The first-order chi connectivity index (χ1) is 33.0. The minimum absolute atomic E-state index is 0.0809. The molecule has 0 bridgehead atoms. The third-order valence-electron chi connectivity index (χ3n) is 12.2. The molecule has 0 radical (unpaired) electrons. The number of carbonyl (C=O) groups excluding carboxylic acids is 3. The van der Waals surface area contributed by atoms with Crippen molar-refractivity contribution in [1.29, 1.82) is 0 Å². The highest BCUT2D eigenvalue weighted by atomic mass is 16.6. The molecule has 6 heteroatoms. The molecule has 0 amide bonds. The average molecular weight is 936 g/mol. The number of esters is 3. The predicted molar refractivity (Wildman–Crippen MR) is 288 cm³/mol. The van der Waals surface area contributed by atoms with Crippen molar-refractivity contribution in [2.45, 2.75) is 284 Å². The summed E-state index contributed by atoms with van der Waals surface area (Å²) in [6.45, 7) is 6.48. The molecule has 0 heterocycles. The van der Waals surface area contributed by atoms with Gasteiger partial charge < -0.3 is 14.2 Å². The minimum atomic E-state index is -0.781. The van der Waals surface area contributed by atoms with E-state index in [-0.39, 0.29) is 31.1 Å². The van der Waals surface area contributed by atoms with E-state index in [0.29, 0.717) is 19.3 Å². The molecule has 0 aliphatic heterocycles. The molecule has 0 saturated heterocycles. The van der Waals surface area contributed by atoms with Crippen LogP contribution in [0.4, 0.5) is 0 Å². The third kappa shape index (κ3) is 53.7. The summed E-state index contributed by atoms with van der Waals surface area (Å²) < 4.78 is 16.8. The highest BCUT2D eigenvalue weighted by Gasteiger charge is 2.19. The monoisotopic (exact) mass is 935 g/mol. The lowest BCUT2D eigenvalue weighted by molar-refractivity contribution is -0.167. The van der Waals surface area contributed by atoms with Crippen LogP contribution >= 0.6 is 0 Å². The van der Waals surface area contributed by atoms with Crippen molar-refractivity contribution in [1.82, 2.24) is 0 Å². The summed E-state index contributed by atoms with van der Waals surface area (Å²) in [5.74, 6) is -0.897. The number of allylic oxidation sites excluding steroid dienone is 12. The van der Waals surface area contributed by atoms with Crippen LogP contribution in [0.15, 0.2) is 72.9 Å². The summed E-state index contributed by atoms with van der Waals surface area (Å²) in [7, 11) is 0. The van der Waals surface area contributed by atoms with Crippen molar-refractivity contribution in [2.75, 3.05) is 13.2 Å². The van der Waals surface area contributed by atoms with Crippen molar-refractivity contribution in [3.05, 3.63) is 72.9 Å². The van der Waals surface area contributed by atoms with Crippen LogP contribution in [0.3, 0.4) is 0 Å². The van der Waals surface area contributed by atoms with E-state index in [4.69, 9.17) is 14.2 Å². The zero-order chi connectivity index (χ0) is 48.6. The Morgan fingerprint density at radius 3 is 0.910 bits per heavy atom. The molecule has 6 nitrogen and oxygen atoms in total. The van der Waals surface area contributed by atoms with Gasteiger partial charge in [0.15, 0.2) is 6.10 Å². The number of unbranched alkanes of at least 4 members (excludes halogenated alkanes) is 28. The molecule has 0 saturated carbocycles. The molecule has 1 unspecified atom stereocenters. The topological polar surface area (TPSA) is 78.9 Å². The molecular formula is C61H106O6. The summed E-state index contributed by atoms with van der Waals surface area (Å²) >= 11 is 0. The fourth-order valence-electron chi connectivity index (χ4n) is 7.93. The SMILES string of the molecule is CC/C=C\C/C=C\C/C=C\C/C=C\CCCCCCCCC(=O)OC(COC(=O)CCCCCCCCC)COC(=O)CCCCCCCCCCCCC/C=C\C/C=C\CCCCCCC. The molecule has 386 valence electrons. The largest absolute Gasteiger partial charge is 0.462 e. The first-order valence-corrected chi connectivity index (χ1v) is 28.4. The van der Waals surface area contributed by atoms with E-state index in [1.807, 2.05) is 0 Å². The van der Waals surface area contributed by atoms with E-state index in [1.165, 1.54) is 135 Å². The smallest absolute Gasteiger partial charge is 0.306 e. The summed E-state index contributed by atoms with van der Waals surface area (Å²) in [5.41, 5.74) is 0. The van der Waals surface area contributed by atoms with Gasteiger partial charge in [-0.15, -0.1) is 0 Å². The van der Waals surface area contributed by atoms with Crippen LogP contribution in [0.1, 0.15) is 278 Å². The fourth-order valence-corrected chi connectivity index (χ4v) is 7.93. The maximum Gasteiger partial charge on any atom is 0.306 e. The normalized spacial score (nSPS) is 12.6. The Morgan fingerprint density at radius 1 is 0.313 bits per heavy atom. The van der Waals surface area contributed by atoms with Gasteiger partial charge in [0, 0.05) is 19.3 Å². The molecule has 0 N–H and O–H groups in total.